The van der Waals surface area contributed by atoms with Gasteiger partial charge in [-0.25, -0.2) is 0 Å². The summed E-state index contributed by atoms with van der Waals surface area (Å²) in [5.41, 5.74) is 7.21. The summed E-state index contributed by atoms with van der Waals surface area (Å²) >= 11 is 12.1. The molecule has 3 rings (SSSR count). The van der Waals surface area contributed by atoms with Gasteiger partial charge in [-0.2, -0.15) is 0 Å². The molecule has 0 spiro atoms. The fourth-order valence-corrected chi connectivity index (χ4v) is 2.25. The molecule has 0 aliphatic carbocycles. The highest BCUT2D eigenvalue weighted by molar-refractivity contribution is 6.34. The summed E-state index contributed by atoms with van der Waals surface area (Å²) in [4.78, 5) is 4.26. The van der Waals surface area contributed by atoms with Gasteiger partial charge in [-0.05, 0) is 30.3 Å². The lowest BCUT2D eigenvalue weighted by Crippen LogP contribution is -1.92. The van der Waals surface area contributed by atoms with Crippen molar-refractivity contribution in [2.75, 3.05) is 5.73 Å². The average Bonchev–Trinajstić information content (AvgIpc) is 2.44. The van der Waals surface area contributed by atoms with Crippen LogP contribution in [0.5, 0.6) is 11.5 Å². The van der Waals surface area contributed by atoms with Crippen LogP contribution in [0.3, 0.4) is 0 Å². The number of anilines is 1. The Bertz CT molecular complexity index is 790. The molecule has 0 fully saturated rings. The van der Waals surface area contributed by atoms with Gasteiger partial charge in [-0.1, -0.05) is 29.3 Å². The fourth-order valence-electron chi connectivity index (χ4n) is 1.94. The van der Waals surface area contributed by atoms with Crippen LogP contribution in [0.15, 0.2) is 48.7 Å². The van der Waals surface area contributed by atoms with E-state index < -0.39 is 0 Å². The molecule has 3 nitrogen and oxygen atoms in total. The van der Waals surface area contributed by atoms with Crippen molar-refractivity contribution in [2.24, 2.45) is 0 Å². The first-order valence-electron chi connectivity index (χ1n) is 5.91. The highest BCUT2D eigenvalue weighted by Crippen LogP contribution is 2.35. The zero-order chi connectivity index (χ0) is 14.1. The number of para-hydroxylation sites is 1. The molecule has 5 heteroatoms. The molecule has 0 unspecified atom stereocenters. The van der Waals surface area contributed by atoms with Crippen LogP contribution >= 0.6 is 23.2 Å². The summed E-state index contributed by atoms with van der Waals surface area (Å²) in [5.74, 6) is 1.13. The van der Waals surface area contributed by atoms with Crippen molar-refractivity contribution in [3.8, 4) is 11.5 Å². The predicted octanol–water partition coefficient (Wildman–Crippen LogP) is 4.92. The second kappa shape index (κ2) is 5.19. The predicted molar refractivity (Wildman–Crippen MR) is 82.7 cm³/mol. The van der Waals surface area contributed by atoms with Crippen LogP contribution in [0.4, 0.5) is 5.69 Å². The van der Waals surface area contributed by atoms with Gasteiger partial charge < -0.3 is 10.5 Å². The third kappa shape index (κ3) is 2.38. The number of fused-ring (bicyclic) bond motifs is 1. The number of benzene rings is 2. The minimum Gasteiger partial charge on any atom is -0.455 e. The summed E-state index contributed by atoms with van der Waals surface area (Å²) < 4.78 is 5.85. The number of ether oxygens (including phenoxy) is 1. The SMILES string of the molecule is Nc1cccc2c(Oc3cc(Cl)ccc3Cl)ccnc12. The quantitative estimate of drug-likeness (QED) is 0.684. The van der Waals surface area contributed by atoms with E-state index in [4.69, 9.17) is 33.7 Å². The number of nitrogens with two attached hydrogens (primary N) is 1. The Labute approximate surface area is 125 Å². The minimum absolute atomic E-state index is 0.489. The molecule has 1 heterocycles. The number of pyridine rings is 1. The summed E-state index contributed by atoms with van der Waals surface area (Å²) in [5, 5.41) is 1.87. The van der Waals surface area contributed by atoms with Gasteiger partial charge in [0.2, 0.25) is 0 Å². The second-order valence-electron chi connectivity index (χ2n) is 4.23. The van der Waals surface area contributed by atoms with Gasteiger partial charge in [0, 0.05) is 22.7 Å². The third-order valence-electron chi connectivity index (χ3n) is 2.88. The Kier molecular flexibility index (Phi) is 3.38. The first-order valence-corrected chi connectivity index (χ1v) is 6.67. The first-order chi connectivity index (χ1) is 9.65. The molecule has 0 bridgehead atoms. The third-order valence-corrected chi connectivity index (χ3v) is 3.42. The van der Waals surface area contributed by atoms with Crippen molar-refractivity contribution < 1.29 is 4.74 Å². The molecule has 0 aliphatic heterocycles. The van der Waals surface area contributed by atoms with E-state index in [0.29, 0.717) is 32.7 Å². The molecule has 0 aliphatic rings. The highest BCUT2D eigenvalue weighted by Gasteiger charge is 2.09. The van der Waals surface area contributed by atoms with Crippen molar-refractivity contribution >= 4 is 39.8 Å². The fraction of sp³-hybridized carbons (Fsp3) is 0. The van der Waals surface area contributed by atoms with Gasteiger partial charge in [0.05, 0.1) is 16.2 Å². The van der Waals surface area contributed by atoms with E-state index in [1.165, 1.54) is 0 Å². The number of rotatable bonds is 2. The van der Waals surface area contributed by atoms with E-state index in [-0.39, 0.29) is 0 Å². The molecule has 2 N–H and O–H groups in total. The van der Waals surface area contributed by atoms with Gasteiger partial charge >= 0.3 is 0 Å². The van der Waals surface area contributed by atoms with Gasteiger partial charge in [0.1, 0.15) is 11.5 Å². The van der Waals surface area contributed by atoms with Crippen molar-refractivity contribution in [1.29, 1.82) is 0 Å². The summed E-state index contributed by atoms with van der Waals surface area (Å²) in [6.45, 7) is 0. The number of hydrogen-bond acceptors (Lipinski definition) is 3. The van der Waals surface area contributed by atoms with E-state index in [1.54, 1.807) is 36.5 Å². The molecular weight excluding hydrogens is 295 g/mol. The smallest absolute Gasteiger partial charge is 0.147 e. The van der Waals surface area contributed by atoms with Crippen LogP contribution in [0, 0.1) is 0 Å². The molecular formula is C15H10Cl2N2O. The minimum atomic E-state index is 0.489. The number of halogens is 2. The molecule has 0 atom stereocenters. The molecule has 0 saturated carbocycles. The zero-order valence-electron chi connectivity index (χ0n) is 10.3. The number of hydrogen-bond donors (Lipinski definition) is 1. The lowest BCUT2D eigenvalue weighted by molar-refractivity contribution is 0.488. The number of nitrogens with zero attached hydrogens (tertiary/aromatic N) is 1. The van der Waals surface area contributed by atoms with Gasteiger partial charge in [0.25, 0.3) is 0 Å². The van der Waals surface area contributed by atoms with Crippen molar-refractivity contribution in [3.63, 3.8) is 0 Å². The molecule has 2 aromatic carbocycles. The largest absolute Gasteiger partial charge is 0.455 e. The van der Waals surface area contributed by atoms with Crippen LogP contribution in [0.25, 0.3) is 10.9 Å². The zero-order valence-corrected chi connectivity index (χ0v) is 11.8. The van der Waals surface area contributed by atoms with Crippen LogP contribution in [-0.2, 0) is 0 Å². The van der Waals surface area contributed by atoms with Gasteiger partial charge in [0.15, 0.2) is 0 Å². The van der Waals surface area contributed by atoms with Crippen molar-refractivity contribution in [2.45, 2.75) is 0 Å². The molecule has 3 aromatic rings. The topological polar surface area (TPSA) is 48.1 Å². The Morgan fingerprint density at radius 2 is 1.85 bits per heavy atom. The monoisotopic (exact) mass is 304 g/mol. The standard InChI is InChI=1S/C15H10Cl2N2O/c16-9-4-5-11(17)14(8-9)20-13-6-7-19-15-10(13)2-1-3-12(15)18/h1-8H,18H2. The first kappa shape index (κ1) is 13.0. The molecule has 0 saturated heterocycles. The maximum Gasteiger partial charge on any atom is 0.147 e. The van der Waals surface area contributed by atoms with Crippen LogP contribution < -0.4 is 10.5 Å². The second-order valence-corrected chi connectivity index (χ2v) is 5.07. The van der Waals surface area contributed by atoms with Gasteiger partial charge in [-0.15, -0.1) is 0 Å². The normalized spacial score (nSPS) is 10.7. The lowest BCUT2D eigenvalue weighted by atomic mass is 10.2. The highest BCUT2D eigenvalue weighted by atomic mass is 35.5. The maximum atomic E-state index is 6.10. The van der Waals surface area contributed by atoms with E-state index in [0.717, 1.165) is 5.39 Å². The van der Waals surface area contributed by atoms with Gasteiger partial charge in [-0.3, -0.25) is 4.98 Å². The maximum absolute atomic E-state index is 6.10. The number of nitrogen functional groups attached to an aromatic ring is 1. The van der Waals surface area contributed by atoms with Crippen LogP contribution in [0.2, 0.25) is 10.0 Å². The summed E-state index contributed by atoms with van der Waals surface area (Å²) in [7, 11) is 0. The van der Waals surface area contributed by atoms with E-state index in [9.17, 15) is 0 Å². The Morgan fingerprint density at radius 3 is 2.70 bits per heavy atom. The molecule has 0 amide bonds. The van der Waals surface area contributed by atoms with Crippen molar-refractivity contribution in [1.82, 2.24) is 4.98 Å². The Balaban J connectivity index is 2.11. The number of aromatic nitrogens is 1. The van der Waals surface area contributed by atoms with Crippen LogP contribution in [0.1, 0.15) is 0 Å². The van der Waals surface area contributed by atoms with Crippen LogP contribution in [-0.4, -0.2) is 4.98 Å². The molecule has 20 heavy (non-hydrogen) atoms. The molecule has 1 aromatic heterocycles. The lowest BCUT2D eigenvalue weighted by Gasteiger charge is -2.11. The molecule has 100 valence electrons. The average molecular weight is 305 g/mol. The van der Waals surface area contributed by atoms with E-state index in [2.05, 4.69) is 4.98 Å². The Hall–Kier alpha value is -1.97. The summed E-state index contributed by atoms with van der Waals surface area (Å²) in [6, 6.07) is 12.4. The Morgan fingerprint density at radius 1 is 1.00 bits per heavy atom. The van der Waals surface area contributed by atoms with E-state index >= 15 is 0 Å². The summed E-state index contributed by atoms with van der Waals surface area (Å²) in [6.07, 6.45) is 1.65. The molecule has 0 radical (unpaired) electrons. The van der Waals surface area contributed by atoms with Crippen molar-refractivity contribution in [3.05, 3.63) is 58.7 Å². The van der Waals surface area contributed by atoms with E-state index in [1.807, 2.05) is 12.1 Å².